The molecule has 1 aliphatic carbocycles. The molecule has 2 aromatic rings. The Morgan fingerprint density at radius 2 is 1.67 bits per heavy atom. The van der Waals surface area contributed by atoms with E-state index in [4.69, 9.17) is 20.6 Å². The van der Waals surface area contributed by atoms with Crippen LogP contribution < -0.4 is 15.2 Å². The van der Waals surface area contributed by atoms with Crippen molar-refractivity contribution in [2.45, 2.75) is 44.1 Å². The quantitative estimate of drug-likeness (QED) is 0.488. The van der Waals surface area contributed by atoms with Crippen LogP contribution in [-0.2, 0) is 0 Å². The van der Waals surface area contributed by atoms with Crippen molar-refractivity contribution in [1.29, 1.82) is 5.41 Å². The van der Waals surface area contributed by atoms with Crippen LogP contribution in [0.25, 0.3) is 0 Å². The summed E-state index contributed by atoms with van der Waals surface area (Å²) in [4.78, 5) is 0. The molecule has 5 nitrogen and oxygen atoms in total. The van der Waals surface area contributed by atoms with Gasteiger partial charge >= 0.3 is 0 Å². The Balaban J connectivity index is 1.44. The van der Waals surface area contributed by atoms with Crippen LogP contribution in [0, 0.1) is 5.41 Å². The molecule has 0 heterocycles. The fraction of sp³-hybridized carbons (Fsp3) is 0.409. The molecule has 1 atom stereocenters. The van der Waals surface area contributed by atoms with Crippen LogP contribution in [0.4, 0.5) is 0 Å². The van der Waals surface area contributed by atoms with Crippen LogP contribution in [0.1, 0.15) is 49.1 Å². The normalized spacial score (nSPS) is 15.9. The number of ether oxygens (including phenoxy) is 2. The molecule has 0 saturated heterocycles. The van der Waals surface area contributed by atoms with Crippen molar-refractivity contribution < 1.29 is 14.6 Å². The highest BCUT2D eigenvalue weighted by atomic mass is 16.5. The molecule has 2 aromatic carbocycles. The predicted octanol–water partition coefficient (Wildman–Crippen LogP) is 3.84. The summed E-state index contributed by atoms with van der Waals surface area (Å²) in [7, 11) is 0. The summed E-state index contributed by atoms with van der Waals surface area (Å²) in [5, 5.41) is 17.5. The van der Waals surface area contributed by atoms with Gasteiger partial charge in [0.2, 0.25) is 0 Å². The molecule has 0 amide bonds. The van der Waals surface area contributed by atoms with Gasteiger partial charge in [-0.3, -0.25) is 5.41 Å². The number of aliphatic hydroxyl groups excluding tert-OH is 1. The molecule has 1 saturated carbocycles. The first kappa shape index (κ1) is 19.2. The van der Waals surface area contributed by atoms with Gasteiger partial charge in [-0.05, 0) is 48.6 Å². The molecule has 0 bridgehead atoms. The Hall–Kier alpha value is -2.53. The molecule has 27 heavy (non-hydrogen) atoms. The third-order valence-electron chi connectivity index (χ3n) is 4.99. The summed E-state index contributed by atoms with van der Waals surface area (Å²) in [5.74, 6) is 1.99. The first-order chi connectivity index (χ1) is 13.1. The fourth-order valence-electron chi connectivity index (χ4n) is 3.46. The molecule has 3 rings (SSSR count). The van der Waals surface area contributed by atoms with Gasteiger partial charge in [0.1, 0.15) is 36.7 Å². The molecule has 1 aliphatic rings. The smallest absolute Gasteiger partial charge is 0.122 e. The number of aliphatic hydroxyl groups is 1. The maximum Gasteiger partial charge on any atom is 0.122 e. The van der Waals surface area contributed by atoms with Gasteiger partial charge in [-0.25, -0.2) is 0 Å². The molecular weight excluding hydrogens is 340 g/mol. The van der Waals surface area contributed by atoms with Crippen LogP contribution in [-0.4, -0.2) is 30.3 Å². The minimum Gasteiger partial charge on any atom is -0.491 e. The minimum atomic E-state index is -0.746. The highest BCUT2D eigenvalue weighted by Gasteiger charge is 2.15. The lowest BCUT2D eigenvalue weighted by Crippen LogP contribution is -2.25. The lowest BCUT2D eigenvalue weighted by atomic mass is 9.84. The first-order valence-electron chi connectivity index (χ1n) is 9.60. The highest BCUT2D eigenvalue weighted by Crippen LogP contribution is 2.33. The van der Waals surface area contributed by atoms with Gasteiger partial charge in [0.15, 0.2) is 0 Å². The van der Waals surface area contributed by atoms with Crippen LogP contribution in [0.5, 0.6) is 11.5 Å². The Kier molecular flexibility index (Phi) is 6.71. The van der Waals surface area contributed by atoms with E-state index in [0.717, 1.165) is 5.75 Å². The molecule has 0 spiro atoms. The van der Waals surface area contributed by atoms with Gasteiger partial charge in [0, 0.05) is 5.56 Å². The number of hydrogen-bond donors (Lipinski definition) is 3. The molecule has 0 aliphatic heterocycles. The van der Waals surface area contributed by atoms with Crippen molar-refractivity contribution in [3.63, 3.8) is 0 Å². The molecule has 0 radical (unpaired) electrons. The number of rotatable bonds is 8. The monoisotopic (exact) mass is 368 g/mol. The number of hydrogen-bond acceptors (Lipinski definition) is 4. The number of benzene rings is 2. The largest absolute Gasteiger partial charge is 0.491 e. The number of amidine groups is 1. The zero-order valence-corrected chi connectivity index (χ0v) is 15.6. The van der Waals surface area contributed by atoms with Crippen molar-refractivity contribution in [3.05, 3.63) is 59.7 Å². The van der Waals surface area contributed by atoms with E-state index in [9.17, 15) is 5.11 Å². The van der Waals surface area contributed by atoms with Crippen molar-refractivity contribution in [1.82, 2.24) is 0 Å². The first-order valence-corrected chi connectivity index (χ1v) is 9.60. The lowest BCUT2D eigenvalue weighted by molar-refractivity contribution is 0.0626. The van der Waals surface area contributed by atoms with Crippen molar-refractivity contribution >= 4 is 5.84 Å². The van der Waals surface area contributed by atoms with E-state index in [2.05, 4.69) is 12.1 Å². The molecule has 1 fully saturated rings. The maximum atomic E-state index is 10.1. The second kappa shape index (κ2) is 9.42. The molecular formula is C22H28N2O3. The van der Waals surface area contributed by atoms with E-state index in [0.29, 0.717) is 17.2 Å². The maximum absolute atomic E-state index is 10.1. The SMILES string of the molecule is N=C(N)c1cccc(OCC(O)COc2ccc(C3CCCCC3)cc2)c1. The Morgan fingerprint density at radius 3 is 2.33 bits per heavy atom. The average Bonchev–Trinajstić information content (AvgIpc) is 2.72. The third kappa shape index (κ3) is 5.73. The van der Waals surface area contributed by atoms with Gasteiger partial charge in [0.25, 0.3) is 0 Å². The van der Waals surface area contributed by atoms with Gasteiger partial charge in [0.05, 0.1) is 0 Å². The summed E-state index contributed by atoms with van der Waals surface area (Å²) in [6.07, 6.45) is 5.82. The topological polar surface area (TPSA) is 88.6 Å². The zero-order valence-electron chi connectivity index (χ0n) is 15.6. The summed E-state index contributed by atoms with van der Waals surface area (Å²) >= 11 is 0. The summed E-state index contributed by atoms with van der Waals surface area (Å²) in [6, 6.07) is 15.2. The molecule has 144 valence electrons. The van der Waals surface area contributed by atoms with Gasteiger partial charge in [-0.15, -0.1) is 0 Å². The van der Waals surface area contributed by atoms with E-state index >= 15 is 0 Å². The molecule has 5 heteroatoms. The summed E-state index contributed by atoms with van der Waals surface area (Å²) in [5.41, 5.74) is 7.45. The van der Waals surface area contributed by atoms with Crippen LogP contribution >= 0.6 is 0 Å². The Bertz CT molecular complexity index is 739. The van der Waals surface area contributed by atoms with Gasteiger partial charge < -0.3 is 20.3 Å². The number of nitrogens with two attached hydrogens (primary N) is 1. The lowest BCUT2D eigenvalue weighted by Gasteiger charge is -2.22. The van der Waals surface area contributed by atoms with E-state index < -0.39 is 6.10 Å². The van der Waals surface area contributed by atoms with Crippen molar-refractivity contribution in [3.8, 4) is 11.5 Å². The fourth-order valence-corrected chi connectivity index (χ4v) is 3.46. The van der Waals surface area contributed by atoms with Gasteiger partial charge in [-0.2, -0.15) is 0 Å². The van der Waals surface area contributed by atoms with Crippen molar-refractivity contribution in [2.24, 2.45) is 5.73 Å². The van der Waals surface area contributed by atoms with E-state index in [1.807, 2.05) is 12.1 Å². The number of nitrogens with one attached hydrogen (secondary N) is 1. The van der Waals surface area contributed by atoms with E-state index in [-0.39, 0.29) is 19.0 Å². The third-order valence-corrected chi connectivity index (χ3v) is 4.99. The standard InChI is InChI=1S/C22H28N2O3/c23-22(24)18-7-4-8-21(13-18)27-15-19(25)14-26-20-11-9-17(10-12-20)16-5-2-1-3-6-16/h4,7-13,16,19,25H,1-3,5-6,14-15H2,(H3,23,24). The van der Waals surface area contributed by atoms with Crippen molar-refractivity contribution in [2.75, 3.05) is 13.2 Å². The van der Waals surface area contributed by atoms with Crippen LogP contribution in [0.2, 0.25) is 0 Å². The Morgan fingerprint density at radius 1 is 1.00 bits per heavy atom. The Labute approximate surface area is 160 Å². The average molecular weight is 368 g/mol. The highest BCUT2D eigenvalue weighted by molar-refractivity contribution is 5.95. The molecule has 4 N–H and O–H groups in total. The summed E-state index contributed by atoms with van der Waals surface area (Å²) < 4.78 is 11.2. The predicted molar refractivity (Wildman–Crippen MR) is 107 cm³/mol. The van der Waals surface area contributed by atoms with Crippen LogP contribution in [0.15, 0.2) is 48.5 Å². The molecule has 1 unspecified atom stereocenters. The second-order valence-corrected chi connectivity index (χ2v) is 7.12. The van der Waals surface area contributed by atoms with Crippen LogP contribution in [0.3, 0.4) is 0 Å². The minimum absolute atomic E-state index is 0.0130. The summed E-state index contributed by atoms with van der Waals surface area (Å²) in [6.45, 7) is 0.274. The second-order valence-electron chi connectivity index (χ2n) is 7.12. The molecule has 0 aromatic heterocycles. The van der Waals surface area contributed by atoms with E-state index in [1.54, 1.807) is 24.3 Å². The zero-order chi connectivity index (χ0) is 19.1. The van der Waals surface area contributed by atoms with Gasteiger partial charge in [-0.1, -0.05) is 43.5 Å². The van der Waals surface area contributed by atoms with E-state index in [1.165, 1.54) is 37.7 Å². The number of nitrogen functional groups attached to an aromatic ring is 1.